The molecular weight excluding hydrogens is 268 g/mol. The lowest BCUT2D eigenvalue weighted by molar-refractivity contribution is -0.257. The van der Waals surface area contributed by atoms with Gasteiger partial charge in [0.15, 0.2) is 5.76 Å². The minimum Gasteiger partial charge on any atom is -0.542 e. The molecule has 0 saturated heterocycles. The molecule has 4 nitrogen and oxygen atoms in total. The van der Waals surface area contributed by atoms with Crippen molar-refractivity contribution >= 4 is 16.7 Å². The Bertz CT molecular complexity index is 801. The van der Waals surface area contributed by atoms with Crippen LogP contribution >= 0.6 is 0 Å². The Morgan fingerprint density at radius 3 is 2.62 bits per heavy atom. The summed E-state index contributed by atoms with van der Waals surface area (Å²) >= 11 is 0. The molecule has 106 valence electrons. The first-order valence-corrected chi connectivity index (χ1v) is 6.56. The zero-order valence-corrected chi connectivity index (χ0v) is 11.5. The molecule has 4 heteroatoms. The minimum absolute atomic E-state index is 0.146. The van der Waals surface area contributed by atoms with Gasteiger partial charge >= 0.3 is 0 Å². The second kappa shape index (κ2) is 5.32. The van der Waals surface area contributed by atoms with Crippen molar-refractivity contribution in [3.05, 3.63) is 65.6 Å². The quantitative estimate of drug-likeness (QED) is 0.737. The van der Waals surface area contributed by atoms with Crippen LogP contribution in [0, 0.1) is 6.92 Å². The molecule has 0 fully saturated rings. The molecule has 0 unspecified atom stereocenters. The highest BCUT2D eigenvalue weighted by Crippen LogP contribution is 2.22. The monoisotopic (exact) mass is 281 g/mol. The van der Waals surface area contributed by atoms with E-state index in [-0.39, 0.29) is 12.4 Å². The van der Waals surface area contributed by atoms with E-state index in [2.05, 4.69) is 0 Å². The molecule has 1 heterocycles. The van der Waals surface area contributed by atoms with Crippen molar-refractivity contribution in [1.29, 1.82) is 0 Å². The highest BCUT2D eigenvalue weighted by Gasteiger charge is 2.09. The SMILES string of the molecule is Cc1cc(COc2ccc3ccccc3c2)oc1C(=O)[O-]. The summed E-state index contributed by atoms with van der Waals surface area (Å²) in [5.41, 5.74) is 0.534. The van der Waals surface area contributed by atoms with E-state index in [1.54, 1.807) is 13.0 Å². The van der Waals surface area contributed by atoms with Gasteiger partial charge in [-0.2, -0.15) is 0 Å². The maximum atomic E-state index is 10.8. The summed E-state index contributed by atoms with van der Waals surface area (Å²) in [4.78, 5) is 10.8. The lowest BCUT2D eigenvalue weighted by Crippen LogP contribution is -2.22. The van der Waals surface area contributed by atoms with E-state index in [0.717, 1.165) is 10.8 Å². The van der Waals surface area contributed by atoms with Gasteiger partial charge in [-0.3, -0.25) is 0 Å². The summed E-state index contributed by atoms with van der Waals surface area (Å²) in [5, 5.41) is 13.0. The van der Waals surface area contributed by atoms with Gasteiger partial charge < -0.3 is 19.1 Å². The van der Waals surface area contributed by atoms with Crippen LogP contribution in [0.15, 0.2) is 52.9 Å². The molecule has 3 aromatic rings. The second-order valence-corrected chi connectivity index (χ2v) is 4.81. The third-order valence-electron chi connectivity index (χ3n) is 3.26. The molecule has 0 atom stereocenters. The number of aromatic carboxylic acids is 1. The standard InChI is InChI=1S/C17H14O4/c1-11-8-15(21-16(11)17(18)19)10-20-14-7-6-12-4-2-3-5-13(12)9-14/h2-9H,10H2,1H3,(H,18,19)/p-1. The summed E-state index contributed by atoms with van der Waals surface area (Å²) in [6.07, 6.45) is 0. The molecule has 0 radical (unpaired) electrons. The van der Waals surface area contributed by atoms with Crippen LogP contribution in [-0.2, 0) is 6.61 Å². The van der Waals surface area contributed by atoms with E-state index in [9.17, 15) is 9.90 Å². The van der Waals surface area contributed by atoms with Crippen molar-refractivity contribution in [2.75, 3.05) is 0 Å². The lowest BCUT2D eigenvalue weighted by atomic mass is 10.1. The number of benzene rings is 2. The Balaban J connectivity index is 1.77. The first-order valence-electron chi connectivity index (χ1n) is 6.56. The molecule has 3 rings (SSSR count). The first kappa shape index (κ1) is 13.2. The van der Waals surface area contributed by atoms with E-state index >= 15 is 0 Å². The van der Waals surface area contributed by atoms with Gasteiger partial charge in [-0.05, 0) is 41.5 Å². The molecule has 0 amide bonds. The fourth-order valence-corrected chi connectivity index (χ4v) is 2.23. The summed E-state index contributed by atoms with van der Waals surface area (Å²) in [6, 6.07) is 15.4. The maximum Gasteiger partial charge on any atom is 0.152 e. The fourth-order valence-electron chi connectivity index (χ4n) is 2.23. The lowest BCUT2D eigenvalue weighted by Gasteiger charge is -2.05. The number of rotatable bonds is 4. The Morgan fingerprint density at radius 2 is 1.90 bits per heavy atom. The summed E-state index contributed by atoms with van der Waals surface area (Å²) in [7, 11) is 0. The van der Waals surface area contributed by atoms with Gasteiger partial charge in [0.05, 0.1) is 0 Å². The van der Waals surface area contributed by atoms with Gasteiger partial charge in [0.1, 0.15) is 24.1 Å². The molecule has 0 saturated carbocycles. The van der Waals surface area contributed by atoms with Crippen molar-refractivity contribution < 1.29 is 19.1 Å². The number of carbonyl (C=O) groups excluding carboxylic acids is 1. The van der Waals surface area contributed by atoms with Crippen molar-refractivity contribution in [3.63, 3.8) is 0 Å². The molecule has 2 aromatic carbocycles. The average Bonchev–Trinajstić information content (AvgIpc) is 2.86. The summed E-state index contributed by atoms with van der Waals surface area (Å²) in [6.45, 7) is 1.83. The van der Waals surface area contributed by atoms with Crippen LogP contribution in [0.3, 0.4) is 0 Å². The smallest absolute Gasteiger partial charge is 0.152 e. The van der Waals surface area contributed by atoms with Gasteiger partial charge in [-0.1, -0.05) is 30.3 Å². The van der Waals surface area contributed by atoms with Crippen LogP contribution in [0.25, 0.3) is 10.8 Å². The zero-order chi connectivity index (χ0) is 14.8. The number of fused-ring (bicyclic) bond motifs is 1. The Kier molecular flexibility index (Phi) is 3.36. The summed E-state index contributed by atoms with van der Waals surface area (Å²) < 4.78 is 10.8. The molecule has 0 spiro atoms. The number of aryl methyl sites for hydroxylation is 1. The van der Waals surface area contributed by atoms with Gasteiger partial charge in [0.25, 0.3) is 0 Å². The van der Waals surface area contributed by atoms with Crippen LogP contribution in [0.4, 0.5) is 0 Å². The van der Waals surface area contributed by atoms with Crippen LogP contribution in [0.5, 0.6) is 5.75 Å². The number of carboxylic acid groups (broad SMARTS) is 1. The van der Waals surface area contributed by atoms with Gasteiger partial charge in [0, 0.05) is 0 Å². The number of furan rings is 1. The minimum atomic E-state index is -1.32. The van der Waals surface area contributed by atoms with Gasteiger partial charge in [-0.15, -0.1) is 0 Å². The van der Waals surface area contributed by atoms with Crippen molar-refractivity contribution in [2.45, 2.75) is 13.5 Å². The molecule has 0 aliphatic rings. The van der Waals surface area contributed by atoms with Crippen LogP contribution in [0.2, 0.25) is 0 Å². The van der Waals surface area contributed by atoms with E-state index in [0.29, 0.717) is 17.1 Å². The number of hydrogen-bond donors (Lipinski definition) is 0. The molecule has 1 aromatic heterocycles. The zero-order valence-electron chi connectivity index (χ0n) is 11.5. The fraction of sp³-hybridized carbons (Fsp3) is 0.118. The highest BCUT2D eigenvalue weighted by molar-refractivity contribution is 5.84. The predicted molar refractivity (Wildman–Crippen MR) is 76.1 cm³/mol. The average molecular weight is 281 g/mol. The molecule has 0 aliphatic carbocycles. The molecular formula is C17H13O4-. The third kappa shape index (κ3) is 2.74. The van der Waals surface area contributed by atoms with Crippen molar-refractivity contribution in [3.8, 4) is 5.75 Å². The third-order valence-corrected chi connectivity index (χ3v) is 3.26. The van der Waals surface area contributed by atoms with Crippen LogP contribution in [0.1, 0.15) is 21.9 Å². The van der Waals surface area contributed by atoms with Gasteiger partial charge in [0.2, 0.25) is 0 Å². The van der Waals surface area contributed by atoms with E-state index in [1.165, 1.54) is 0 Å². The Hall–Kier alpha value is -2.75. The normalized spacial score (nSPS) is 10.7. The Morgan fingerprint density at radius 1 is 1.14 bits per heavy atom. The van der Waals surface area contributed by atoms with Crippen molar-refractivity contribution in [1.82, 2.24) is 0 Å². The second-order valence-electron chi connectivity index (χ2n) is 4.81. The summed E-state index contributed by atoms with van der Waals surface area (Å²) in [5.74, 6) is -0.297. The highest BCUT2D eigenvalue weighted by atomic mass is 16.5. The maximum absolute atomic E-state index is 10.8. The molecule has 0 N–H and O–H groups in total. The number of hydrogen-bond acceptors (Lipinski definition) is 4. The predicted octanol–water partition coefficient (Wildman–Crippen LogP) is 2.68. The first-order chi connectivity index (χ1) is 10.1. The number of carbonyl (C=O) groups is 1. The topological polar surface area (TPSA) is 62.5 Å². The van der Waals surface area contributed by atoms with E-state index < -0.39 is 5.97 Å². The van der Waals surface area contributed by atoms with Crippen LogP contribution < -0.4 is 9.84 Å². The van der Waals surface area contributed by atoms with Crippen molar-refractivity contribution in [2.24, 2.45) is 0 Å². The molecule has 0 bridgehead atoms. The van der Waals surface area contributed by atoms with Gasteiger partial charge in [-0.25, -0.2) is 0 Å². The number of ether oxygens (including phenoxy) is 1. The molecule has 0 aliphatic heterocycles. The largest absolute Gasteiger partial charge is 0.542 e. The Labute approximate surface area is 121 Å². The van der Waals surface area contributed by atoms with Crippen LogP contribution in [-0.4, -0.2) is 5.97 Å². The molecule has 21 heavy (non-hydrogen) atoms. The van der Waals surface area contributed by atoms with E-state index in [4.69, 9.17) is 9.15 Å². The number of carboxylic acids is 1. The van der Waals surface area contributed by atoms with E-state index in [1.807, 2.05) is 42.5 Å².